The van der Waals surface area contributed by atoms with Crippen LogP contribution in [0, 0.1) is 11.6 Å². The molecule has 2 aromatic carbocycles. The molecule has 6 nitrogen and oxygen atoms in total. The molecule has 2 N–H and O–H groups in total. The third kappa shape index (κ3) is 5.85. The topological polar surface area (TPSA) is 76.7 Å². The van der Waals surface area contributed by atoms with Crippen molar-refractivity contribution in [2.75, 3.05) is 31.0 Å². The summed E-state index contributed by atoms with van der Waals surface area (Å²) in [5.41, 5.74) is 1.02. The van der Waals surface area contributed by atoms with Crippen molar-refractivity contribution in [2.45, 2.75) is 0 Å². The highest BCUT2D eigenvalue weighted by Crippen LogP contribution is 2.18. The Morgan fingerprint density at radius 3 is 2.00 bits per heavy atom. The van der Waals surface area contributed by atoms with Crippen LogP contribution in [0.3, 0.4) is 0 Å². The first-order valence-electron chi connectivity index (χ1n) is 7.24. The predicted octanol–water partition coefficient (Wildman–Crippen LogP) is 2.57. The van der Waals surface area contributed by atoms with Gasteiger partial charge in [0.25, 0.3) is 5.91 Å². The van der Waals surface area contributed by atoms with E-state index in [9.17, 15) is 18.4 Å². The molecule has 0 radical (unpaired) electrons. The summed E-state index contributed by atoms with van der Waals surface area (Å²) in [6.45, 7) is -0.495. The standard InChI is InChI=1S/C17H16F2N2O4/c1-24-9-16(22)20-12-3-5-13(6-4-12)21-17(23)10-25-15-7-2-11(18)8-14(15)19/h2-8H,9-10H2,1H3,(H,20,22)(H,21,23). The predicted molar refractivity (Wildman–Crippen MR) is 87.4 cm³/mol. The Labute approximate surface area is 142 Å². The van der Waals surface area contributed by atoms with E-state index in [1.807, 2.05) is 0 Å². The number of benzene rings is 2. The lowest BCUT2D eigenvalue weighted by molar-refractivity contribution is -0.120. The number of ether oxygens (including phenoxy) is 2. The fourth-order valence-electron chi connectivity index (χ4n) is 1.90. The monoisotopic (exact) mass is 350 g/mol. The molecule has 0 bridgehead atoms. The number of anilines is 2. The maximum atomic E-state index is 13.4. The summed E-state index contributed by atoms with van der Waals surface area (Å²) in [5.74, 6) is -2.64. The van der Waals surface area contributed by atoms with Crippen molar-refractivity contribution in [3.63, 3.8) is 0 Å². The second kappa shape index (κ2) is 8.74. The Balaban J connectivity index is 1.84. The van der Waals surface area contributed by atoms with Crippen LogP contribution in [0.25, 0.3) is 0 Å². The number of hydrogen-bond donors (Lipinski definition) is 2. The number of amides is 2. The molecule has 0 fully saturated rings. The van der Waals surface area contributed by atoms with Gasteiger partial charge in [-0.15, -0.1) is 0 Å². The molecule has 0 aliphatic heterocycles. The minimum Gasteiger partial charge on any atom is -0.481 e. The molecule has 2 rings (SSSR count). The zero-order valence-corrected chi connectivity index (χ0v) is 13.3. The van der Waals surface area contributed by atoms with E-state index in [1.165, 1.54) is 7.11 Å². The molecular formula is C17H16F2N2O4. The molecule has 0 saturated carbocycles. The van der Waals surface area contributed by atoms with E-state index >= 15 is 0 Å². The lowest BCUT2D eigenvalue weighted by Gasteiger charge is -2.09. The lowest BCUT2D eigenvalue weighted by atomic mass is 10.2. The van der Waals surface area contributed by atoms with Gasteiger partial charge in [-0.3, -0.25) is 9.59 Å². The third-order valence-electron chi connectivity index (χ3n) is 2.98. The second-order valence-electron chi connectivity index (χ2n) is 4.97. The number of carbonyl (C=O) groups excluding carboxylic acids is 2. The van der Waals surface area contributed by atoms with E-state index in [-0.39, 0.29) is 18.3 Å². The average molecular weight is 350 g/mol. The van der Waals surface area contributed by atoms with Crippen LogP contribution in [-0.4, -0.2) is 32.1 Å². The lowest BCUT2D eigenvalue weighted by Crippen LogP contribution is -2.20. The highest BCUT2D eigenvalue weighted by Gasteiger charge is 2.09. The van der Waals surface area contributed by atoms with Gasteiger partial charge in [-0.05, 0) is 36.4 Å². The first-order valence-corrected chi connectivity index (χ1v) is 7.24. The van der Waals surface area contributed by atoms with Crippen molar-refractivity contribution in [3.8, 4) is 5.75 Å². The number of rotatable bonds is 7. The molecule has 2 aromatic rings. The van der Waals surface area contributed by atoms with Crippen molar-refractivity contribution >= 4 is 23.2 Å². The number of nitrogens with one attached hydrogen (secondary N) is 2. The summed E-state index contributed by atoms with van der Waals surface area (Å²) in [6.07, 6.45) is 0. The molecule has 25 heavy (non-hydrogen) atoms. The van der Waals surface area contributed by atoms with Gasteiger partial charge >= 0.3 is 0 Å². The Bertz CT molecular complexity index is 751. The van der Waals surface area contributed by atoms with Gasteiger partial charge in [0.05, 0.1) is 0 Å². The van der Waals surface area contributed by atoms with Crippen molar-refractivity contribution in [2.24, 2.45) is 0 Å². The Kier molecular flexibility index (Phi) is 6.41. The summed E-state index contributed by atoms with van der Waals surface area (Å²) in [4.78, 5) is 23.2. The summed E-state index contributed by atoms with van der Waals surface area (Å²) in [5, 5.41) is 5.16. The fraction of sp³-hybridized carbons (Fsp3) is 0.176. The third-order valence-corrected chi connectivity index (χ3v) is 2.98. The van der Waals surface area contributed by atoms with Crippen molar-refractivity contribution in [1.82, 2.24) is 0 Å². The molecule has 0 aromatic heterocycles. The summed E-state index contributed by atoms with van der Waals surface area (Å²) >= 11 is 0. The Morgan fingerprint density at radius 1 is 0.920 bits per heavy atom. The van der Waals surface area contributed by atoms with E-state index in [0.29, 0.717) is 17.4 Å². The highest BCUT2D eigenvalue weighted by molar-refractivity contribution is 5.93. The maximum absolute atomic E-state index is 13.4. The van der Waals surface area contributed by atoms with E-state index in [0.717, 1.165) is 12.1 Å². The van der Waals surface area contributed by atoms with Crippen LogP contribution in [0.4, 0.5) is 20.2 Å². The first kappa shape index (κ1) is 18.3. The molecule has 8 heteroatoms. The summed E-state index contributed by atoms with van der Waals surface area (Å²) in [7, 11) is 1.41. The molecule has 132 valence electrons. The average Bonchev–Trinajstić information content (AvgIpc) is 2.56. The van der Waals surface area contributed by atoms with Crippen molar-refractivity contribution in [3.05, 3.63) is 54.1 Å². The first-order chi connectivity index (χ1) is 12.0. The minimum absolute atomic E-state index is 0.0598. The number of carbonyl (C=O) groups is 2. The largest absolute Gasteiger partial charge is 0.481 e. The molecule has 0 heterocycles. The van der Waals surface area contributed by atoms with Gasteiger partial charge < -0.3 is 20.1 Å². The highest BCUT2D eigenvalue weighted by atomic mass is 19.1. The van der Waals surface area contributed by atoms with E-state index in [1.54, 1.807) is 24.3 Å². The van der Waals surface area contributed by atoms with E-state index < -0.39 is 24.1 Å². The van der Waals surface area contributed by atoms with Crippen LogP contribution >= 0.6 is 0 Å². The summed E-state index contributed by atoms with van der Waals surface area (Å²) in [6, 6.07) is 9.18. The molecule has 2 amide bonds. The maximum Gasteiger partial charge on any atom is 0.262 e. The Hall–Kier alpha value is -3.00. The normalized spacial score (nSPS) is 10.2. The molecule has 0 spiro atoms. The van der Waals surface area contributed by atoms with Gasteiger partial charge in [-0.2, -0.15) is 0 Å². The van der Waals surface area contributed by atoms with Gasteiger partial charge in [0.1, 0.15) is 12.4 Å². The van der Waals surface area contributed by atoms with E-state index in [2.05, 4.69) is 10.6 Å². The number of methoxy groups -OCH3 is 1. The van der Waals surface area contributed by atoms with Crippen LogP contribution in [0.5, 0.6) is 5.75 Å². The van der Waals surface area contributed by atoms with Crippen molar-refractivity contribution in [1.29, 1.82) is 0 Å². The van der Waals surface area contributed by atoms with Gasteiger partial charge in [-0.25, -0.2) is 8.78 Å². The molecule has 0 aliphatic carbocycles. The molecule has 0 aliphatic rings. The quantitative estimate of drug-likeness (QED) is 0.805. The zero-order valence-electron chi connectivity index (χ0n) is 13.3. The van der Waals surface area contributed by atoms with Gasteiger partial charge in [0.15, 0.2) is 18.2 Å². The smallest absolute Gasteiger partial charge is 0.262 e. The molecule has 0 saturated heterocycles. The number of hydrogen-bond acceptors (Lipinski definition) is 4. The molecule has 0 unspecified atom stereocenters. The van der Waals surface area contributed by atoms with Gasteiger partial charge in [-0.1, -0.05) is 0 Å². The van der Waals surface area contributed by atoms with Crippen LogP contribution in [-0.2, 0) is 14.3 Å². The van der Waals surface area contributed by atoms with Crippen LogP contribution in [0.2, 0.25) is 0 Å². The van der Waals surface area contributed by atoms with Gasteiger partial charge in [0, 0.05) is 24.6 Å². The zero-order chi connectivity index (χ0) is 18.2. The van der Waals surface area contributed by atoms with Crippen LogP contribution in [0.1, 0.15) is 0 Å². The fourth-order valence-corrected chi connectivity index (χ4v) is 1.90. The summed E-state index contributed by atoms with van der Waals surface area (Å²) < 4.78 is 35.9. The molecular weight excluding hydrogens is 334 g/mol. The van der Waals surface area contributed by atoms with Crippen LogP contribution < -0.4 is 15.4 Å². The second-order valence-corrected chi connectivity index (χ2v) is 4.97. The van der Waals surface area contributed by atoms with E-state index in [4.69, 9.17) is 9.47 Å². The molecule has 0 atom stereocenters. The van der Waals surface area contributed by atoms with Crippen molar-refractivity contribution < 1.29 is 27.8 Å². The van der Waals surface area contributed by atoms with Crippen LogP contribution in [0.15, 0.2) is 42.5 Å². The number of halogens is 2. The SMILES string of the molecule is COCC(=O)Nc1ccc(NC(=O)COc2ccc(F)cc2F)cc1. The minimum atomic E-state index is -0.885. The Morgan fingerprint density at radius 2 is 1.48 bits per heavy atom. The van der Waals surface area contributed by atoms with Gasteiger partial charge in [0.2, 0.25) is 5.91 Å².